The van der Waals surface area contributed by atoms with Crippen LogP contribution in [0.4, 0.5) is 8.78 Å². The second-order valence-electron chi connectivity index (χ2n) is 5.98. The van der Waals surface area contributed by atoms with Crippen molar-refractivity contribution < 1.29 is 17.2 Å². The van der Waals surface area contributed by atoms with Crippen LogP contribution in [-0.4, -0.2) is 31.9 Å². The maximum Gasteiger partial charge on any atom is 0.218 e. The van der Waals surface area contributed by atoms with E-state index >= 15 is 0 Å². The summed E-state index contributed by atoms with van der Waals surface area (Å²) in [4.78, 5) is 0. The number of fused-ring (bicyclic) bond motifs is 2. The highest BCUT2D eigenvalue weighted by Crippen LogP contribution is 2.37. The Hall–Kier alpha value is -1.05. The van der Waals surface area contributed by atoms with E-state index in [1.807, 2.05) is 0 Å². The molecular weight excluding hydrogens is 298 g/mol. The third kappa shape index (κ3) is 2.82. The van der Waals surface area contributed by atoms with Crippen LogP contribution in [0.15, 0.2) is 18.2 Å². The molecule has 3 rings (SSSR count). The Balaban J connectivity index is 1.78. The molecule has 0 spiro atoms. The van der Waals surface area contributed by atoms with Crippen LogP contribution in [0.3, 0.4) is 0 Å². The highest BCUT2D eigenvalue weighted by atomic mass is 32.2. The largest absolute Gasteiger partial charge is 0.327 e. The summed E-state index contributed by atoms with van der Waals surface area (Å²) in [6.45, 7) is 0.811. The second-order valence-corrected chi connectivity index (χ2v) is 7.95. The van der Waals surface area contributed by atoms with Gasteiger partial charge in [-0.3, -0.25) is 0 Å². The molecule has 4 nitrogen and oxygen atoms in total. The molecule has 2 fully saturated rings. The maximum absolute atomic E-state index is 13.6. The van der Waals surface area contributed by atoms with Gasteiger partial charge in [-0.15, -0.1) is 0 Å². The van der Waals surface area contributed by atoms with E-state index in [0.29, 0.717) is 19.2 Å². The van der Waals surface area contributed by atoms with Crippen molar-refractivity contribution in [3.05, 3.63) is 35.4 Å². The van der Waals surface area contributed by atoms with E-state index in [4.69, 9.17) is 5.73 Å². The zero-order valence-corrected chi connectivity index (χ0v) is 12.3. The van der Waals surface area contributed by atoms with Gasteiger partial charge < -0.3 is 5.73 Å². The molecule has 0 amide bonds. The van der Waals surface area contributed by atoms with Crippen molar-refractivity contribution in [3.63, 3.8) is 0 Å². The van der Waals surface area contributed by atoms with Crippen LogP contribution < -0.4 is 5.73 Å². The van der Waals surface area contributed by atoms with Gasteiger partial charge in [-0.1, -0.05) is 6.07 Å². The van der Waals surface area contributed by atoms with Crippen molar-refractivity contribution in [1.82, 2.24) is 4.31 Å². The molecule has 2 bridgehead atoms. The van der Waals surface area contributed by atoms with Crippen LogP contribution in [-0.2, 0) is 15.8 Å². The first-order valence-corrected chi connectivity index (χ1v) is 8.65. The number of benzene rings is 1. The highest BCUT2D eigenvalue weighted by molar-refractivity contribution is 7.88. The molecule has 1 saturated heterocycles. The fraction of sp³-hybridized carbons (Fsp3) is 0.571. The molecule has 1 aliphatic heterocycles. The lowest BCUT2D eigenvalue weighted by Gasteiger charge is -2.35. The van der Waals surface area contributed by atoms with Crippen LogP contribution in [0.2, 0.25) is 0 Å². The fourth-order valence-corrected chi connectivity index (χ4v) is 5.02. The Morgan fingerprint density at radius 1 is 1.19 bits per heavy atom. The van der Waals surface area contributed by atoms with E-state index < -0.39 is 27.4 Å². The maximum atomic E-state index is 13.6. The fourth-order valence-electron chi connectivity index (χ4n) is 3.38. The van der Waals surface area contributed by atoms with Gasteiger partial charge in [-0.05, 0) is 30.7 Å². The van der Waals surface area contributed by atoms with Crippen LogP contribution in [0.1, 0.15) is 18.4 Å². The normalized spacial score (nSPS) is 29.8. The van der Waals surface area contributed by atoms with Gasteiger partial charge in [-0.25, -0.2) is 21.5 Å². The molecule has 116 valence electrons. The van der Waals surface area contributed by atoms with Crippen LogP contribution in [0.25, 0.3) is 0 Å². The zero-order chi connectivity index (χ0) is 15.2. The standard InChI is InChI=1S/C14H18F2N2O2S/c15-12-4-3-11(13(16)5-12)8-21(19,20)18-6-9-1-2-10(7-18)14(9)17/h3-5,9-10,14H,1-2,6-8,17H2. The van der Waals surface area contributed by atoms with Crippen LogP contribution in [0, 0.1) is 23.5 Å². The minimum atomic E-state index is -3.61. The Bertz CT molecular complexity index is 636. The average Bonchev–Trinajstić information content (AvgIpc) is 2.64. The van der Waals surface area contributed by atoms with Crippen molar-refractivity contribution in [1.29, 1.82) is 0 Å². The number of sulfonamides is 1. The lowest BCUT2D eigenvalue weighted by Crippen LogP contribution is -2.50. The minimum Gasteiger partial charge on any atom is -0.327 e. The first-order chi connectivity index (χ1) is 9.87. The quantitative estimate of drug-likeness (QED) is 0.918. The van der Waals surface area contributed by atoms with E-state index in [1.165, 1.54) is 10.4 Å². The summed E-state index contributed by atoms with van der Waals surface area (Å²) in [5, 5.41) is 0. The van der Waals surface area contributed by atoms with Crippen molar-refractivity contribution in [2.75, 3.05) is 13.1 Å². The van der Waals surface area contributed by atoms with Gasteiger partial charge in [0.15, 0.2) is 0 Å². The second kappa shape index (κ2) is 5.30. The number of hydrogen-bond acceptors (Lipinski definition) is 3. The number of halogens is 2. The summed E-state index contributed by atoms with van der Waals surface area (Å²) in [6, 6.07) is 3.04. The molecule has 1 aromatic carbocycles. The van der Waals surface area contributed by atoms with Crippen LogP contribution in [0.5, 0.6) is 0 Å². The van der Waals surface area contributed by atoms with Gasteiger partial charge in [-0.2, -0.15) is 0 Å². The van der Waals surface area contributed by atoms with Gasteiger partial charge in [0.05, 0.1) is 5.75 Å². The van der Waals surface area contributed by atoms with Crippen molar-refractivity contribution in [2.45, 2.75) is 24.6 Å². The summed E-state index contributed by atoms with van der Waals surface area (Å²) in [6.07, 6.45) is 1.89. The summed E-state index contributed by atoms with van der Waals surface area (Å²) in [5.41, 5.74) is 6.06. The third-order valence-corrected chi connectivity index (χ3v) is 6.38. The molecule has 2 unspecified atom stereocenters. The van der Waals surface area contributed by atoms with Gasteiger partial charge >= 0.3 is 0 Å². The molecule has 1 saturated carbocycles. The Morgan fingerprint density at radius 2 is 1.81 bits per heavy atom. The smallest absolute Gasteiger partial charge is 0.218 e. The molecule has 1 heterocycles. The van der Waals surface area contributed by atoms with E-state index in [1.54, 1.807) is 0 Å². The average molecular weight is 316 g/mol. The van der Waals surface area contributed by atoms with Crippen molar-refractivity contribution in [2.24, 2.45) is 17.6 Å². The first-order valence-electron chi connectivity index (χ1n) is 7.04. The lowest BCUT2D eigenvalue weighted by molar-refractivity contribution is 0.228. The molecule has 2 N–H and O–H groups in total. The molecule has 0 aromatic heterocycles. The molecular formula is C14H18F2N2O2S. The summed E-state index contributed by atoms with van der Waals surface area (Å²) in [5.74, 6) is -1.59. The molecule has 1 aliphatic carbocycles. The van der Waals surface area contributed by atoms with Gasteiger partial charge in [0, 0.05) is 30.8 Å². The zero-order valence-electron chi connectivity index (χ0n) is 11.5. The Kier molecular flexibility index (Phi) is 3.75. The third-order valence-electron chi connectivity index (χ3n) is 4.62. The van der Waals surface area contributed by atoms with Crippen molar-refractivity contribution in [3.8, 4) is 0 Å². The lowest BCUT2D eigenvalue weighted by atomic mass is 9.95. The number of rotatable bonds is 3. The summed E-state index contributed by atoms with van der Waals surface area (Å²) in [7, 11) is -3.61. The first kappa shape index (κ1) is 14.9. The Morgan fingerprint density at radius 3 is 2.38 bits per heavy atom. The topological polar surface area (TPSA) is 63.4 Å². The van der Waals surface area contributed by atoms with Crippen LogP contribution >= 0.6 is 0 Å². The van der Waals surface area contributed by atoms with E-state index in [9.17, 15) is 17.2 Å². The van der Waals surface area contributed by atoms with E-state index in [-0.39, 0.29) is 23.4 Å². The van der Waals surface area contributed by atoms with Crippen molar-refractivity contribution >= 4 is 10.0 Å². The SMILES string of the molecule is NC1C2CCC1CN(S(=O)(=O)Cc1ccc(F)cc1F)C2. The van der Waals surface area contributed by atoms with E-state index in [2.05, 4.69) is 0 Å². The molecule has 2 atom stereocenters. The number of piperidine rings is 1. The molecule has 7 heteroatoms. The molecule has 1 aromatic rings. The monoisotopic (exact) mass is 316 g/mol. The minimum absolute atomic E-state index is 0.00128. The highest BCUT2D eigenvalue weighted by Gasteiger charge is 2.43. The van der Waals surface area contributed by atoms with E-state index in [0.717, 1.165) is 18.9 Å². The van der Waals surface area contributed by atoms with Gasteiger partial charge in [0.25, 0.3) is 0 Å². The predicted molar refractivity (Wildman–Crippen MR) is 74.7 cm³/mol. The molecule has 0 radical (unpaired) electrons. The summed E-state index contributed by atoms with van der Waals surface area (Å²) >= 11 is 0. The van der Waals surface area contributed by atoms with Gasteiger partial charge in [0.1, 0.15) is 11.6 Å². The Labute approximate surface area is 123 Å². The molecule has 21 heavy (non-hydrogen) atoms. The molecule has 2 aliphatic rings. The number of hydrogen-bond donors (Lipinski definition) is 1. The summed E-state index contributed by atoms with van der Waals surface area (Å²) < 4.78 is 52.8. The number of nitrogens with zero attached hydrogens (tertiary/aromatic N) is 1. The number of nitrogens with two attached hydrogens (primary N) is 1. The van der Waals surface area contributed by atoms with Gasteiger partial charge in [0.2, 0.25) is 10.0 Å². The predicted octanol–water partition coefficient (Wildman–Crippen LogP) is 1.46.